The lowest BCUT2D eigenvalue weighted by atomic mass is 10.1. The Morgan fingerprint density at radius 1 is 1.33 bits per heavy atom. The summed E-state index contributed by atoms with van der Waals surface area (Å²) in [7, 11) is 0. The summed E-state index contributed by atoms with van der Waals surface area (Å²) in [5, 5.41) is 1.99. The molecule has 4 heteroatoms. The van der Waals surface area contributed by atoms with Crippen molar-refractivity contribution >= 4 is 29.9 Å². The normalized spacial score (nSPS) is 10.2. The Morgan fingerprint density at radius 2 is 2.13 bits per heavy atom. The van der Waals surface area contributed by atoms with Crippen molar-refractivity contribution in [2.24, 2.45) is 5.73 Å². The Hall–Kier alpha value is -1.26. The van der Waals surface area contributed by atoms with E-state index in [0.717, 1.165) is 15.3 Å². The van der Waals surface area contributed by atoms with Crippen LogP contribution in [0.25, 0.3) is 10.4 Å². The van der Waals surface area contributed by atoms with Gasteiger partial charge in [-0.05, 0) is 29.6 Å². The van der Waals surface area contributed by atoms with Gasteiger partial charge in [0, 0.05) is 20.9 Å². The van der Waals surface area contributed by atoms with Gasteiger partial charge in [-0.15, -0.1) is 24.0 Å². The molecule has 2 aromatic rings. The van der Waals surface area contributed by atoms with E-state index in [4.69, 9.17) is 5.73 Å². The third-order valence-corrected chi connectivity index (χ3v) is 3.36. The van der Waals surface area contributed by atoms with Crippen molar-refractivity contribution in [1.82, 2.24) is 0 Å². The molecule has 0 spiro atoms. The highest BCUT2D eigenvalue weighted by Gasteiger charge is 2.07. The number of carbonyl (C=O) groups excluding carboxylic acids is 1. The van der Waals surface area contributed by atoms with Gasteiger partial charge in [-0.3, -0.25) is 4.79 Å². The fraction of sp³-hybridized carbons (Fsp3) is 0. The summed E-state index contributed by atoms with van der Waals surface area (Å²) in [6.45, 7) is 0. The van der Waals surface area contributed by atoms with Gasteiger partial charge >= 0.3 is 0 Å². The summed E-state index contributed by atoms with van der Waals surface area (Å²) in [4.78, 5) is 13.0. The van der Waals surface area contributed by atoms with Gasteiger partial charge in [-0.25, -0.2) is 0 Å². The quantitative estimate of drug-likeness (QED) is 0.772. The first-order valence-electron chi connectivity index (χ1n) is 4.35. The first-order chi connectivity index (χ1) is 7.18. The van der Waals surface area contributed by atoms with E-state index in [1.54, 1.807) is 29.5 Å². The van der Waals surface area contributed by atoms with Crippen LogP contribution in [0.3, 0.4) is 0 Å². The molecule has 0 unspecified atom stereocenters. The molecule has 1 heterocycles. The molecule has 0 bridgehead atoms. The van der Waals surface area contributed by atoms with Crippen LogP contribution in [0.4, 0.5) is 0 Å². The number of carbonyl (C=O) groups is 1. The standard InChI is InChI=1S/C11H9NOS2/c12-11(13)7-3-4-9(14)8(6-7)10-2-1-5-15-10/h1-6,14H,(H2,12,13). The van der Waals surface area contributed by atoms with Crippen molar-refractivity contribution in [3.63, 3.8) is 0 Å². The largest absolute Gasteiger partial charge is 0.366 e. The molecule has 0 saturated carbocycles. The van der Waals surface area contributed by atoms with E-state index in [0.29, 0.717) is 5.56 Å². The second kappa shape index (κ2) is 4.08. The van der Waals surface area contributed by atoms with E-state index >= 15 is 0 Å². The zero-order valence-corrected chi connectivity index (χ0v) is 9.52. The molecule has 0 aliphatic heterocycles. The number of hydrogen-bond acceptors (Lipinski definition) is 3. The minimum absolute atomic E-state index is 0.416. The van der Waals surface area contributed by atoms with Crippen molar-refractivity contribution in [3.05, 3.63) is 41.3 Å². The number of benzene rings is 1. The molecule has 0 saturated heterocycles. The first kappa shape index (κ1) is 10.3. The predicted octanol–water partition coefficient (Wildman–Crippen LogP) is 2.80. The summed E-state index contributed by atoms with van der Waals surface area (Å²) in [6.07, 6.45) is 0. The maximum Gasteiger partial charge on any atom is 0.248 e. The molecule has 1 amide bonds. The minimum Gasteiger partial charge on any atom is -0.366 e. The molecular weight excluding hydrogens is 226 g/mol. The van der Waals surface area contributed by atoms with Crippen molar-refractivity contribution in [2.75, 3.05) is 0 Å². The number of thiol groups is 1. The molecule has 0 radical (unpaired) electrons. The molecule has 0 aliphatic carbocycles. The van der Waals surface area contributed by atoms with Crippen LogP contribution in [0.1, 0.15) is 10.4 Å². The molecule has 0 atom stereocenters. The van der Waals surface area contributed by atoms with Crippen LogP contribution < -0.4 is 5.73 Å². The Bertz CT molecular complexity index is 491. The minimum atomic E-state index is -0.416. The summed E-state index contributed by atoms with van der Waals surface area (Å²) >= 11 is 5.96. The molecule has 1 aromatic heterocycles. The Morgan fingerprint density at radius 3 is 2.73 bits per heavy atom. The van der Waals surface area contributed by atoms with Gasteiger partial charge in [0.2, 0.25) is 5.91 Å². The topological polar surface area (TPSA) is 43.1 Å². The van der Waals surface area contributed by atoms with Gasteiger partial charge in [0.25, 0.3) is 0 Å². The zero-order chi connectivity index (χ0) is 10.8. The summed E-state index contributed by atoms with van der Waals surface area (Å²) in [6, 6.07) is 9.20. The lowest BCUT2D eigenvalue weighted by Gasteiger charge is -2.04. The van der Waals surface area contributed by atoms with Gasteiger partial charge in [-0.2, -0.15) is 0 Å². The highest BCUT2D eigenvalue weighted by molar-refractivity contribution is 7.80. The van der Waals surface area contributed by atoms with E-state index in [9.17, 15) is 4.79 Å². The monoisotopic (exact) mass is 235 g/mol. The average molecular weight is 235 g/mol. The molecule has 15 heavy (non-hydrogen) atoms. The van der Waals surface area contributed by atoms with Gasteiger partial charge in [0.1, 0.15) is 0 Å². The summed E-state index contributed by atoms with van der Waals surface area (Å²) < 4.78 is 0. The number of rotatable bonds is 2. The number of thiophene rings is 1. The summed E-state index contributed by atoms with van der Waals surface area (Å²) in [5.74, 6) is -0.416. The maximum atomic E-state index is 11.0. The van der Waals surface area contributed by atoms with Crippen LogP contribution in [-0.4, -0.2) is 5.91 Å². The molecule has 0 aliphatic rings. The Balaban J connectivity index is 2.55. The number of amides is 1. The number of hydrogen-bond donors (Lipinski definition) is 2. The van der Waals surface area contributed by atoms with Crippen LogP contribution in [0.15, 0.2) is 40.6 Å². The Kier molecular flexibility index (Phi) is 2.79. The SMILES string of the molecule is NC(=O)c1ccc(S)c(-c2cccs2)c1. The van der Waals surface area contributed by atoms with E-state index < -0.39 is 5.91 Å². The van der Waals surface area contributed by atoms with E-state index in [-0.39, 0.29) is 0 Å². The lowest BCUT2D eigenvalue weighted by molar-refractivity contribution is 0.100. The number of primary amides is 1. The van der Waals surface area contributed by atoms with E-state index in [2.05, 4.69) is 12.6 Å². The fourth-order valence-corrected chi connectivity index (χ4v) is 2.41. The molecule has 2 nitrogen and oxygen atoms in total. The molecule has 0 fully saturated rings. The zero-order valence-electron chi connectivity index (χ0n) is 7.81. The Labute approximate surface area is 97.2 Å². The third-order valence-electron chi connectivity index (χ3n) is 2.07. The van der Waals surface area contributed by atoms with Crippen molar-refractivity contribution in [3.8, 4) is 10.4 Å². The molecular formula is C11H9NOS2. The molecule has 2 N–H and O–H groups in total. The van der Waals surface area contributed by atoms with Crippen LogP contribution in [0.2, 0.25) is 0 Å². The second-order valence-corrected chi connectivity index (χ2v) is 4.50. The predicted molar refractivity (Wildman–Crippen MR) is 65.5 cm³/mol. The first-order valence-corrected chi connectivity index (χ1v) is 5.68. The highest BCUT2D eigenvalue weighted by Crippen LogP contribution is 2.30. The van der Waals surface area contributed by atoms with Gasteiger partial charge in [0.15, 0.2) is 0 Å². The summed E-state index contributed by atoms with van der Waals surface area (Å²) in [5.41, 5.74) is 6.68. The maximum absolute atomic E-state index is 11.0. The van der Waals surface area contributed by atoms with Crippen LogP contribution in [-0.2, 0) is 0 Å². The van der Waals surface area contributed by atoms with E-state index in [1.807, 2.05) is 17.5 Å². The van der Waals surface area contributed by atoms with E-state index in [1.165, 1.54) is 0 Å². The van der Waals surface area contributed by atoms with Crippen molar-refractivity contribution in [2.45, 2.75) is 4.90 Å². The second-order valence-electron chi connectivity index (χ2n) is 3.07. The fourth-order valence-electron chi connectivity index (χ4n) is 1.32. The lowest BCUT2D eigenvalue weighted by Crippen LogP contribution is -2.10. The van der Waals surface area contributed by atoms with Crippen molar-refractivity contribution in [1.29, 1.82) is 0 Å². The van der Waals surface area contributed by atoms with Gasteiger partial charge in [0.05, 0.1) is 0 Å². The van der Waals surface area contributed by atoms with Crippen LogP contribution in [0.5, 0.6) is 0 Å². The van der Waals surface area contributed by atoms with Crippen molar-refractivity contribution < 1.29 is 4.79 Å². The highest BCUT2D eigenvalue weighted by atomic mass is 32.1. The van der Waals surface area contributed by atoms with Gasteiger partial charge < -0.3 is 5.73 Å². The van der Waals surface area contributed by atoms with Crippen LogP contribution >= 0.6 is 24.0 Å². The molecule has 76 valence electrons. The third kappa shape index (κ3) is 2.06. The van der Waals surface area contributed by atoms with Crippen LogP contribution in [0, 0.1) is 0 Å². The average Bonchev–Trinajstić information content (AvgIpc) is 2.71. The smallest absolute Gasteiger partial charge is 0.248 e. The molecule has 1 aromatic carbocycles. The van der Waals surface area contributed by atoms with Gasteiger partial charge in [-0.1, -0.05) is 6.07 Å². The molecule has 2 rings (SSSR count). The number of nitrogens with two attached hydrogens (primary N) is 1.